The van der Waals surface area contributed by atoms with E-state index in [1.54, 1.807) is 35.3 Å². The lowest BCUT2D eigenvalue weighted by molar-refractivity contribution is 0.102. The van der Waals surface area contributed by atoms with Gasteiger partial charge in [0.25, 0.3) is 5.91 Å². The van der Waals surface area contributed by atoms with Crippen LogP contribution in [0.2, 0.25) is 0 Å². The van der Waals surface area contributed by atoms with Crippen LogP contribution >= 0.6 is 0 Å². The predicted octanol–water partition coefficient (Wildman–Crippen LogP) is 2.63. The van der Waals surface area contributed by atoms with Crippen LogP contribution in [0.3, 0.4) is 0 Å². The first-order valence-corrected chi connectivity index (χ1v) is 7.87. The van der Waals surface area contributed by atoms with Gasteiger partial charge in [0.2, 0.25) is 12.3 Å². The van der Waals surface area contributed by atoms with E-state index >= 15 is 0 Å². The zero-order valence-corrected chi connectivity index (χ0v) is 13.6. The maximum atomic E-state index is 12.5. The summed E-state index contributed by atoms with van der Waals surface area (Å²) in [6.07, 6.45) is 4.41. The van der Waals surface area contributed by atoms with Gasteiger partial charge in [0.15, 0.2) is 0 Å². The Bertz CT molecular complexity index is 995. The fourth-order valence-electron chi connectivity index (χ4n) is 2.50. The van der Waals surface area contributed by atoms with Crippen LogP contribution < -0.4 is 5.32 Å². The molecule has 8 nitrogen and oxygen atoms in total. The van der Waals surface area contributed by atoms with E-state index < -0.39 is 0 Å². The molecule has 0 spiro atoms. The molecule has 0 bridgehead atoms. The summed E-state index contributed by atoms with van der Waals surface area (Å²) >= 11 is 0. The maximum Gasteiger partial charge on any atom is 0.255 e. The lowest BCUT2D eigenvalue weighted by atomic mass is 10.1. The number of rotatable bonds is 5. The van der Waals surface area contributed by atoms with E-state index in [1.807, 2.05) is 24.3 Å². The minimum absolute atomic E-state index is 0.194. The number of hydrogen-bond donors (Lipinski definition) is 1. The molecule has 0 radical (unpaired) electrons. The Kier molecular flexibility index (Phi) is 4.21. The van der Waals surface area contributed by atoms with Crippen LogP contribution in [0.5, 0.6) is 0 Å². The molecule has 26 heavy (non-hydrogen) atoms. The maximum absolute atomic E-state index is 12.5. The van der Waals surface area contributed by atoms with Crippen molar-refractivity contribution in [3.63, 3.8) is 0 Å². The van der Waals surface area contributed by atoms with Crippen LogP contribution in [0, 0.1) is 0 Å². The molecule has 1 amide bonds. The molecular formula is C18H14N6O2. The molecule has 0 aliphatic carbocycles. The summed E-state index contributed by atoms with van der Waals surface area (Å²) in [6, 6.07) is 14.6. The first kappa shape index (κ1) is 15.7. The van der Waals surface area contributed by atoms with E-state index in [2.05, 4.69) is 25.6 Å². The minimum Gasteiger partial charge on any atom is -0.423 e. The average Bonchev–Trinajstić information content (AvgIpc) is 3.37. The van der Waals surface area contributed by atoms with Gasteiger partial charge >= 0.3 is 0 Å². The summed E-state index contributed by atoms with van der Waals surface area (Å²) in [5.74, 6) is 0.207. The third kappa shape index (κ3) is 3.48. The van der Waals surface area contributed by atoms with E-state index in [0.29, 0.717) is 23.7 Å². The highest BCUT2D eigenvalue weighted by atomic mass is 16.4. The highest BCUT2D eigenvalue weighted by Gasteiger charge is 2.09. The third-order valence-electron chi connectivity index (χ3n) is 3.75. The lowest BCUT2D eigenvalue weighted by Crippen LogP contribution is -2.12. The van der Waals surface area contributed by atoms with Gasteiger partial charge in [-0.2, -0.15) is 5.10 Å². The first-order chi connectivity index (χ1) is 12.8. The van der Waals surface area contributed by atoms with Crippen LogP contribution in [0.15, 0.2) is 72.0 Å². The van der Waals surface area contributed by atoms with Crippen molar-refractivity contribution in [2.75, 3.05) is 5.32 Å². The second kappa shape index (κ2) is 6.98. The SMILES string of the molecule is O=C(Nc1cccc(-c2nnco2)c1)c1ccc(Cn2cncn2)cc1. The van der Waals surface area contributed by atoms with Crippen LogP contribution in [0.25, 0.3) is 11.5 Å². The largest absolute Gasteiger partial charge is 0.423 e. The Morgan fingerprint density at radius 2 is 2.04 bits per heavy atom. The molecule has 0 unspecified atom stereocenters. The van der Waals surface area contributed by atoms with Crippen LogP contribution in [0.1, 0.15) is 15.9 Å². The van der Waals surface area contributed by atoms with Gasteiger partial charge in [-0.3, -0.25) is 4.79 Å². The van der Waals surface area contributed by atoms with Gasteiger partial charge in [-0.15, -0.1) is 10.2 Å². The van der Waals surface area contributed by atoms with Crippen molar-refractivity contribution in [2.45, 2.75) is 6.54 Å². The Morgan fingerprint density at radius 3 is 2.77 bits per heavy atom. The molecule has 2 aromatic carbocycles. The normalized spacial score (nSPS) is 10.6. The highest BCUT2D eigenvalue weighted by Crippen LogP contribution is 2.20. The fraction of sp³-hybridized carbons (Fsp3) is 0.0556. The number of anilines is 1. The van der Waals surface area contributed by atoms with E-state index in [-0.39, 0.29) is 5.91 Å². The van der Waals surface area contributed by atoms with Crippen LogP contribution in [-0.2, 0) is 6.54 Å². The molecule has 0 atom stereocenters. The summed E-state index contributed by atoms with van der Waals surface area (Å²) in [6.45, 7) is 0.605. The number of nitrogens with zero attached hydrogens (tertiary/aromatic N) is 5. The monoisotopic (exact) mass is 346 g/mol. The average molecular weight is 346 g/mol. The fourth-order valence-corrected chi connectivity index (χ4v) is 2.50. The van der Waals surface area contributed by atoms with Gasteiger partial charge in [0, 0.05) is 16.8 Å². The van der Waals surface area contributed by atoms with E-state index in [9.17, 15) is 4.79 Å². The summed E-state index contributed by atoms with van der Waals surface area (Å²) < 4.78 is 6.89. The Hall–Kier alpha value is -3.81. The number of nitrogens with one attached hydrogen (secondary N) is 1. The zero-order chi connectivity index (χ0) is 17.8. The van der Waals surface area contributed by atoms with E-state index in [1.165, 1.54) is 12.7 Å². The summed E-state index contributed by atoms with van der Waals surface area (Å²) in [4.78, 5) is 16.4. The number of carbonyl (C=O) groups excluding carboxylic acids is 1. The van der Waals surface area contributed by atoms with Crippen LogP contribution in [-0.4, -0.2) is 30.9 Å². The molecule has 4 aromatic rings. The molecule has 2 heterocycles. The second-order valence-corrected chi connectivity index (χ2v) is 5.57. The molecule has 128 valence electrons. The van der Waals surface area contributed by atoms with Gasteiger partial charge in [-0.1, -0.05) is 18.2 Å². The predicted molar refractivity (Wildman–Crippen MR) is 93.3 cm³/mol. The van der Waals surface area contributed by atoms with Gasteiger partial charge in [-0.05, 0) is 35.9 Å². The van der Waals surface area contributed by atoms with E-state index in [0.717, 1.165) is 11.1 Å². The second-order valence-electron chi connectivity index (χ2n) is 5.57. The van der Waals surface area contributed by atoms with Crippen molar-refractivity contribution in [2.24, 2.45) is 0 Å². The molecule has 0 aliphatic rings. The molecule has 1 N–H and O–H groups in total. The number of carbonyl (C=O) groups is 1. The van der Waals surface area contributed by atoms with E-state index in [4.69, 9.17) is 4.42 Å². The Labute approximate surface area is 148 Å². The van der Waals surface area contributed by atoms with Gasteiger partial charge in [0.05, 0.1) is 6.54 Å². The number of hydrogen-bond acceptors (Lipinski definition) is 6. The van der Waals surface area contributed by atoms with Gasteiger partial charge in [0.1, 0.15) is 12.7 Å². The number of aromatic nitrogens is 5. The smallest absolute Gasteiger partial charge is 0.255 e. The Balaban J connectivity index is 1.45. The molecule has 0 aliphatic heterocycles. The number of benzene rings is 2. The summed E-state index contributed by atoms with van der Waals surface area (Å²) in [5.41, 5.74) is 2.99. The highest BCUT2D eigenvalue weighted by molar-refractivity contribution is 6.04. The molecule has 2 aromatic heterocycles. The van der Waals surface area contributed by atoms with Crippen molar-refractivity contribution in [3.05, 3.63) is 78.7 Å². The molecule has 4 rings (SSSR count). The zero-order valence-electron chi connectivity index (χ0n) is 13.6. The van der Waals surface area contributed by atoms with Crippen molar-refractivity contribution in [1.29, 1.82) is 0 Å². The quantitative estimate of drug-likeness (QED) is 0.596. The molecule has 0 saturated carbocycles. The van der Waals surface area contributed by atoms with Crippen molar-refractivity contribution in [3.8, 4) is 11.5 Å². The van der Waals surface area contributed by atoms with Crippen molar-refractivity contribution < 1.29 is 9.21 Å². The molecule has 8 heteroatoms. The van der Waals surface area contributed by atoms with Gasteiger partial charge in [-0.25, -0.2) is 9.67 Å². The van der Waals surface area contributed by atoms with Crippen molar-refractivity contribution >= 4 is 11.6 Å². The number of amides is 1. The van der Waals surface area contributed by atoms with Crippen molar-refractivity contribution in [1.82, 2.24) is 25.0 Å². The minimum atomic E-state index is -0.194. The lowest BCUT2D eigenvalue weighted by Gasteiger charge is -2.07. The molecule has 0 fully saturated rings. The molecule has 0 saturated heterocycles. The first-order valence-electron chi connectivity index (χ1n) is 7.87. The third-order valence-corrected chi connectivity index (χ3v) is 3.75. The summed E-state index contributed by atoms with van der Waals surface area (Å²) in [7, 11) is 0. The Morgan fingerprint density at radius 1 is 1.15 bits per heavy atom. The standard InChI is InChI=1S/C18H14N6O2/c25-17(14-6-4-13(5-7-14)9-24-11-19-10-21-24)22-16-3-1-2-15(8-16)18-23-20-12-26-18/h1-8,10-12H,9H2,(H,22,25). The summed E-state index contributed by atoms with van der Waals surface area (Å²) in [5, 5.41) is 14.5. The van der Waals surface area contributed by atoms with Gasteiger partial charge < -0.3 is 9.73 Å². The van der Waals surface area contributed by atoms with Crippen LogP contribution in [0.4, 0.5) is 5.69 Å². The molecular weight excluding hydrogens is 332 g/mol. The topological polar surface area (TPSA) is 98.7 Å².